The summed E-state index contributed by atoms with van der Waals surface area (Å²) in [7, 11) is 1.49. The maximum Gasteiger partial charge on any atom is 0.263 e. The van der Waals surface area contributed by atoms with Crippen LogP contribution in [0, 0.1) is 17.1 Å². The van der Waals surface area contributed by atoms with Crippen molar-refractivity contribution in [3.05, 3.63) is 77.1 Å². The van der Waals surface area contributed by atoms with Crippen molar-refractivity contribution in [2.24, 2.45) is 0 Å². The van der Waals surface area contributed by atoms with E-state index in [0.717, 1.165) is 0 Å². The number of carbonyl (C=O) groups is 1. The van der Waals surface area contributed by atoms with E-state index in [9.17, 15) is 23.2 Å². The Hall–Kier alpha value is -4.27. The highest BCUT2D eigenvalue weighted by atomic mass is 32.2. The highest BCUT2D eigenvalue weighted by molar-refractivity contribution is 7.80. The van der Waals surface area contributed by atoms with Gasteiger partial charge in [-0.05, 0) is 54.4 Å². The van der Waals surface area contributed by atoms with Crippen molar-refractivity contribution in [2.75, 3.05) is 24.5 Å². The van der Waals surface area contributed by atoms with Crippen LogP contribution in [0.25, 0.3) is 22.4 Å². The van der Waals surface area contributed by atoms with Crippen molar-refractivity contribution in [3.63, 3.8) is 0 Å². The Morgan fingerprint density at radius 1 is 1.26 bits per heavy atom. The summed E-state index contributed by atoms with van der Waals surface area (Å²) in [6.07, 6.45) is 0.819. The Morgan fingerprint density at radius 2 is 2.00 bits per heavy atom. The predicted octanol–water partition coefficient (Wildman–Crippen LogP) is 4.84. The molecule has 0 bridgehead atoms. The first-order chi connectivity index (χ1) is 18.4. The van der Waals surface area contributed by atoms with E-state index in [4.69, 9.17) is 9.15 Å². The molecule has 1 atom stereocenters. The molecule has 11 heteroatoms. The number of para-hydroxylation sites is 1. The van der Waals surface area contributed by atoms with Gasteiger partial charge in [0.25, 0.3) is 17.2 Å². The number of benzene rings is 2. The van der Waals surface area contributed by atoms with Crippen LogP contribution in [0.4, 0.5) is 10.2 Å². The number of hydrogen-bond acceptors (Lipinski definition) is 6. The van der Waals surface area contributed by atoms with Crippen LogP contribution in [0.2, 0.25) is 0 Å². The highest BCUT2D eigenvalue weighted by Gasteiger charge is 2.26. The first-order valence-electron chi connectivity index (χ1n) is 11.8. The topological polar surface area (TPSA) is 129 Å². The van der Waals surface area contributed by atoms with Crippen LogP contribution >= 0.6 is 0 Å². The molecule has 9 nitrogen and oxygen atoms in total. The lowest BCUT2D eigenvalue weighted by atomic mass is 10.0. The molecule has 196 valence electrons. The zero-order chi connectivity index (χ0) is 27.2. The van der Waals surface area contributed by atoms with Gasteiger partial charge in [-0.1, -0.05) is 19.1 Å². The van der Waals surface area contributed by atoms with Gasteiger partial charge in [0.2, 0.25) is 5.71 Å². The Kier molecular flexibility index (Phi) is 8.35. The predicted molar refractivity (Wildman–Crippen MR) is 142 cm³/mol. The number of fused-ring (bicyclic) bond motifs is 1. The largest absolute Gasteiger partial charge is 0.492 e. The van der Waals surface area contributed by atoms with Crippen LogP contribution in [0.3, 0.4) is 0 Å². The second-order valence-corrected chi connectivity index (χ2v) is 9.11. The molecule has 0 aliphatic heterocycles. The van der Waals surface area contributed by atoms with Crippen LogP contribution < -0.4 is 14.4 Å². The van der Waals surface area contributed by atoms with E-state index in [-0.39, 0.29) is 36.0 Å². The normalized spacial score (nSPS) is 11.7. The second-order valence-electron chi connectivity index (χ2n) is 8.21. The molecule has 38 heavy (non-hydrogen) atoms. The van der Waals surface area contributed by atoms with Crippen molar-refractivity contribution >= 4 is 34.1 Å². The number of furan rings is 1. The summed E-state index contributed by atoms with van der Waals surface area (Å²) in [5.41, 5.74) is 1.86. The fourth-order valence-corrected chi connectivity index (χ4v) is 4.61. The summed E-state index contributed by atoms with van der Waals surface area (Å²) in [6, 6.07) is 16.1. The smallest absolute Gasteiger partial charge is 0.263 e. The van der Waals surface area contributed by atoms with E-state index in [2.05, 4.69) is 16.4 Å². The van der Waals surface area contributed by atoms with Gasteiger partial charge in [0.1, 0.15) is 29.2 Å². The minimum Gasteiger partial charge on any atom is -0.492 e. The Balaban J connectivity index is 1.68. The molecule has 0 saturated heterocycles. The van der Waals surface area contributed by atoms with Crippen molar-refractivity contribution < 1.29 is 27.1 Å². The Labute approximate surface area is 221 Å². The van der Waals surface area contributed by atoms with Gasteiger partial charge in [-0.25, -0.2) is 8.60 Å². The molecule has 0 aliphatic carbocycles. The van der Waals surface area contributed by atoms with Gasteiger partial charge in [0.05, 0.1) is 23.1 Å². The zero-order valence-electron chi connectivity index (χ0n) is 20.7. The van der Waals surface area contributed by atoms with Crippen LogP contribution in [0.1, 0.15) is 34.8 Å². The molecule has 0 saturated carbocycles. The maximum atomic E-state index is 13.5. The van der Waals surface area contributed by atoms with Crippen LogP contribution in [0.5, 0.6) is 5.75 Å². The molecular weight excluding hydrogens is 511 g/mol. The van der Waals surface area contributed by atoms with E-state index in [0.29, 0.717) is 40.7 Å². The number of aromatic nitrogens is 1. The van der Waals surface area contributed by atoms with E-state index in [1.54, 1.807) is 30.3 Å². The fourth-order valence-electron chi connectivity index (χ4n) is 4.02. The summed E-state index contributed by atoms with van der Waals surface area (Å²) in [4.78, 5) is 17.3. The molecular formula is C27H25FN4O5S. The van der Waals surface area contributed by atoms with Gasteiger partial charge in [0.15, 0.2) is 0 Å². The van der Waals surface area contributed by atoms with E-state index in [1.165, 1.54) is 35.6 Å². The van der Waals surface area contributed by atoms with Crippen molar-refractivity contribution in [1.29, 1.82) is 5.26 Å². The number of anilines is 1. The first-order valence-corrected chi connectivity index (χ1v) is 12.9. The van der Waals surface area contributed by atoms with Gasteiger partial charge in [0, 0.05) is 25.6 Å². The number of amides is 1. The number of carbonyl (C=O) groups excluding carboxylic acids is 1. The number of aryl methyl sites for hydroxylation is 1. The number of pyridine rings is 1. The summed E-state index contributed by atoms with van der Waals surface area (Å²) >= 11 is -2.41. The van der Waals surface area contributed by atoms with Gasteiger partial charge >= 0.3 is 0 Å². The number of nitriles is 1. The van der Waals surface area contributed by atoms with E-state index >= 15 is 0 Å². The fraction of sp³-hybridized carbons (Fsp3) is 0.222. The SMILES string of the molecule is CCc1cc2c(C(=O)NC)c(-c3ccc(F)cc3)oc2nc1N(CCCOc1ccccc1C#N)S(=O)O. The molecule has 0 spiro atoms. The Bertz CT molecular complexity index is 1530. The molecule has 1 amide bonds. The van der Waals surface area contributed by atoms with Gasteiger partial charge < -0.3 is 14.5 Å². The number of nitrogens with zero attached hydrogens (tertiary/aromatic N) is 3. The molecule has 4 rings (SSSR count). The number of hydrogen-bond donors (Lipinski definition) is 2. The monoisotopic (exact) mass is 536 g/mol. The standard InChI is InChI=1S/C27H25FN4O5S/c1-3-17-15-21-23(26(33)30-2)24(18-9-11-20(28)12-10-18)37-27(21)31-25(17)32(38(34)35)13-6-14-36-22-8-5-4-7-19(22)16-29/h4-5,7-12,15H,3,6,13-14H2,1-2H3,(H,30,33)(H,34,35). The van der Waals surface area contributed by atoms with Crippen molar-refractivity contribution in [2.45, 2.75) is 19.8 Å². The quantitative estimate of drug-likeness (QED) is 0.219. The van der Waals surface area contributed by atoms with E-state index < -0.39 is 23.0 Å². The highest BCUT2D eigenvalue weighted by Crippen LogP contribution is 2.36. The lowest BCUT2D eigenvalue weighted by Crippen LogP contribution is -2.29. The molecule has 2 aromatic heterocycles. The number of ether oxygens (including phenoxy) is 1. The molecule has 0 fully saturated rings. The Morgan fingerprint density at radius 3 is 2.66 bits per heavy atom. The molecule has 2 aromatic carbocycles. The maximum absolute atomic E-state index is 13.5. The number of nitrogens with one attached hydrogen (secondary N) is 1. The summed E-state index contributed by atoms with van der Waals surface area (Å²) in [6.45, 7) is 2.19. The molecule has 1 unspecified atom stereocenters. The third-order valence-electron chi connectivity index (χ3n) is 5.88. The van der Waals surface area contributed by atoms with Crippen molar-refractivity contribution in [3.8, 4) is 23.1 Å². The summed E-state index contributed by atoms with van der Waals surface area (Å²) in [5.74, 6) is 0.0535. The average Bonchev–Trinajstić information content (AvgIpc) is 3.30. The van der Waals surface area contributed by atoms with Crippen LogP contribution in [-0.2, 0) is 17.7 Å². The molecule has 0 aliphatic rings. The minimum absolute atomic E-state index is 0.102. The number of halogens is 1. The molecule has 2 N–H and O–H groups in total. The first kappa shape index (κ1) is 26.8. The second kappa shape index (κ2) is 11.9. The van der Waals surface area contributed by atoms with Gasteiger partial charge in [-0.15, -0.1) is 0 Å². The molecule has 2 heterocycles. The summed E-state index contributed by atoms with van der Waals surface area (Å²) in [5, 5.41) is 12.2. The van der Waals surface area contributed by atoms with Gasteiger partial charge in [-0.3, -0.25) is 13.7 Å². The van der Waals surface area contributed by atoms with Crippen molar-refractivity contribution in [1.82, 2.24) is 10.3 Å². The van der Waals surface area contributed by atoms with E-state index in [1.807, 2.05) is 6.92 Å². The molecule has 4 aromatic rings. The average molecular weight is 537 g/mol. The van der Waals surface area contributed by atoms with Gasteiger partial charge in [-0.2, -0.15) is 10.2 Å². The van der Waals surface area contributed by atoms with Crippen LogP contribution in [0.15, 0.2) is 59.0 Å². The number of rotatable bonds is 10. The molecule has 0 radical (unpaired) electrons. The third kappa shape index (κ3) is 5.51. The van der Waals surface area contributed by atoms with Crippen LogP contribution in [-0.4, -0.2) is 39.9 Å². The summed E-state index contributed by atoms with van der Waals surface area (Å²) < 4.78 is 48.8. The minimum atomic E-state index is -2.41. The third-order valence-corrected chi connectivity index (χ3v) is 6.61. The lowest BCUT2D eigenvalue weighted by Gasteiger charge is -2.21. The zero-order valence-corrected chi connectivity index (χ0v) is 21.5. The lowest BCUT2D eigenvalue weighted by molar-refractivity contribution is 0.0964.